The van der Waals surface area contributed by atoms with Crippen molar-refractivity contribution in [1.82, 2.24) is 0 Å². The molecule has 0 atom stereocenters. The number of hydrogen-bond acceptors (Lipinski definition) is 2. The van der Waals surface area contributed by atoms with Crippen molar-refractivity contribution in [2.75, 3.05) is 5.32 Å². The second kappa shape index (κ2) is 6.72. The fourth-order valence-corrected chi connectivity index (χ4v) is 2.23. The van der Waals surface area contributed by atoms with Crippen molar-refractivity contribution in [3.05, 3.63) is 75.4 Å². The van der Waals surface area contributed by atoms with E-state index in [2.05, 4.69) is 21.2 Å². The lowest BCUT2D eigenvalue weighted by Gasteiger charge is -2.08. The van der Waals surface area contributed by atoms with E-state index in [0.29, 0.717) is 5.56 Å². The maximum atomic E-state index is 12.2. The number of hydrogen-bond donors (Lipinski definition) is 1. The minimum atomic E-state index is 0.00818. The Bertz CT molecular complexity index is 687. The van der Waals surface area contributed by atoms with E-state index in [4.69, 9.17) is 0 Å². The van der Waals surface area contributed by atoms with Crippen molar-refractivity contribution in [1.29, 1.82) is 0 Å². The molecule has 108 valence electrons. The molecule has 0 fully saturated rings. The highest BCUT2D eigenvalue weighted by molar-refractivity contribution is 9.10. The molecule has 2 rings (SSSR count). The summed E-state index contributed by atoms with van der Waals surface area (Å²) in [6, 6.07) is 13.6. The van der Waals surface area contributed by atoms with Gasteiger partial charge in [-0.15, -0.1) is 0 Å². The molecule has 0 radical (unpaired) electrons. The van der Waals surface area contributed by atoms with Gasteiger partial charge in [-0.05, 0) is 44.5 Å². The predicted molar refractivity (Wildman–Crippen MR) is 91.8 cm³/mol. The molecular formula is C18H18BrNO. The molecule has 0 aliphatic rings. The highest BCUT2D eigenvalue weighted by Crippen LogP contribution is 2.21. The summed E-state index contributed by atoms with van der Waals surface area (Å²) in [5.74, 6) is 0.00818. The largest absolute Gasteiger partial charge is 0.359 e. The molecule has 0 unspecified atom stereocenters. The van der Waals surface area contributed by atoms with Crippen molar-refractivity contribution in [3.8, 4) is 0 Å². The van der Waals surface area contributed by atoms with E-state index in [1.54, 1.807) is 6.08 Å². The second-order valence-electron chi connectivity index (χ2n) is 5.15. The van der Waals surface area contributed by atoms with Crippen LogP contribution in [0.4, 0.5) is 5.69 Å². The number of benzene rings is 2. The van der Waals surface area contributed by atoms with Gasteiger partial charge in [0.2, 0.25) is 0 Å². The Morgan fingerprint density at radius 1 is 1.10 bits per heavy atom. The van der Waals surface area contributed by atoms with Gasteiger partial charge in [0.25, 0.3) is 0 Å². The van der Waals surface area contributed by atoms with Crippen LogP contribution in [0.25, 0.3) is 0 Å². The number of anilines is 1. The lowest BCUT2D eigenvalue weighted by atomic mass is 10.1. The number of rotatable bonds is 4. The number of carbonyl (C=O) groups is 1. The van der Waals surface area contributed by atoms with Crippen LogP contribution < -0.4 is 5.32 Å². The first-order valence-electron chi connectivity index (χ1n) is 6.78. The smallest absolute Gasteiger partial charge is 0.187 e. The normalized spacial score (nSPS) is 11.3. The third-order valence-corrected chi connectivity index (χ3v) is 4.07. The third kappa shape index (κ3) is 4.30. The van der Waals surface area contributed by atoms with Gasteiger partial charge in [0.15, 0.2) is 5.78 Å². The van der Waals surface area contributed by atoms with Gasteiger partial charge in [-0.2, -0.15) is 0 Å². The van der Waals surface area contributed by atoms with E-state index >= 15 is 0 Å². The van der Waals surface area contributed by atoms with Gasteiger partial charge in [-0.25, -0.2) is 0 Å². The maximum absolute atomic E-state index is 12.2. The zero-order valence-corrected chi connectivity index (χ0v) is 14.0. The summed E-state index contributed by atoms with van der Waals surface area (Å²) in [4.78, 5) is 12.2. The monoisotopic (exact) mass is 343 g/mol. The molecular weight excluding hydrogens is 326 g/mol. The Morgan fingerprint density at radius 2 is 1.76 bits per heavy atom. The van der Waals surface area contributed by atoms with Crippen LogP contribution in [0.3, 0.4) is 0 Å². The minimum absolute atomic E-state index is 0.00818. The fourth-order valence-electron chi connectivity index (χ4n) is 1.98. The molecule has 21 heavy (non-hydrogen) atoms. The van der Waals surface area contributed by atoms with Crippen molar-refractivity contribution >= 4 is 27.4 Å². The zero-order chi connectivity index (χ0) is 15.4. The molecule has 2 aromatic rings. The van der Waals surface area contributed by atoms with E-state index in [9.17, 15) is 4.79 Å². The Balaban J connectivity index is 2.11. The second-order valence-corrected chi connectivity index (χ2v) is 6.00. The first-order chi connectivity index (χ1) is 9.95. The van der Waals surface area contributed by atoms with Crippen molar-refractivity contribution < 1.29 is 4.79 Å². The number of allylic oxidation sites excluding steroid dienone is 2. The maximum Gasteiger partial charge on any atom is 0.187 e. The van der Waals surface area contributed by atoms with E-state index in [1.165, 1.54) is 0 Å². The van der Waals surface area contributed by atoms with Crippen LogP contribution in [0.1, 0.15) is 28.4 Å². The summed E-state index contributed by atoms with van der Waals surface area (Å²) < 4.78 is 1.07. The molecule has 2 aromatic carbocycles. The standard InChI is InChI=1S/C18H18BrNO/c1-12-4-6-15(7-5-12)18(21)11-14(3)20-16-8-9-17(19)13(2)10-16/h4-11,20H,1-3H3/b14-11+. The van der Waals surface area contributed by atoms with E-state index < -0.39 is 0 Å². The van der Waals surface area contributed by atoms with Crippen LogP contribution in [-0.4, -0.2) is 5.78 Å². The summed E-state index contributed by atoms with van der Waals surface area (Å²) in [6.07, 6.45) is 1.63. The number of aryl methyl sites for hydroxylation is 2. The first-order valence-corrected chi connectivity index (χ1v) is 7.57. The summed E-state index contributed by atoms with van der Waals surface area (Å²) in [7, 11) is 0. The molecule has 0 saturated carbocycles. The summed E-state index contributed by atoms with van der Waals surface area (Å²) in [6.45, 7) is 5.93. The van der Waals surface area contributed by atoms with Gasteiger partial charge < -0.3 is 5.32 Å². The molecule has 0 aliphatic carbocycles. The average Bonchev–Trinajstić information content (AvgIpc) is 2.43. The lowest BCUT2D eigenvalue weighted by Crippen LogP contribution is -2.01. The molecule has 0 saturated heterocycles. The molecule has 0 heterocycles. The number of nitrogens with one attached hydrogen (secondary N) is 1. The minimum Gasteiger partial charge on any atom is -0.359 e. The molecule has 2 nitrogen and oxygen atoms in total. The highest BCUT2D eigenvalue weighted by Gasteiger charge is 2.03. The molecule has 0 spiro atoms. The van der Waals surface area contributed by atoms with E-state index in [-0.39, 0.29) is 5.78 Å². The van der Waals surface area contributed by atoms with Crippen molar-refractivity contribution in [2.45, 2.75) is 20.8 Å². The van der Waals surface area contributed by atoms with Crippen LogP contribution in [-0.2, 0) is 0 Å². The van der Waals surface area contributed by atoms with Gasteiger partial charge in [-0.1, -0.05) is 45.8 Å². The summed E-state index contributed by atoms with van der Waals surface area (Å²) >= 11 is 3.48. The number of carbonyl (C=O) groups excluding carboxylic acids is 1. The Kier molecular flexibility index (Phi) is 4.97. The van der Waals surface area contributed by atoms with Crippen LogP contribution >= 0.6 is 15.9 Å². The first kappa shape index (κ1) is 15.5. The molecule has 3 heteroatoms. The van der Waals surface area contributed by atoms with Crippen LogP contribution in [0.5, 0.6) is 0 Å². The third-order valence-electron chi connectivity index (χ3n) is 3.18. The Morgan fingerprint density at radius 3 is 2.38 bits per heavy atom. The van der Waals surface area contributed by atoms with Gasteiger partial charge in [-0.3, -0.25) is 4.79 Å². The van der Waals surface area contributed by atoms with Crippen LogP contribution in [0.15, 0.2) is 58.7 Å². The fraction of sp³-hybridized carbons (Fsp3) is 0.167. The highest BCUT2D eigenvalue weighted by atomic mass is 79.9. The van der Waals surface area contributed by atoms with E-state index in [0.717, 1.165) is 27.0 Å². The average molecular weight is 344 g/mol. The topological polar surface area (TPSA) is 29.1 Å². The Labute approximate surface area is 134 Å². The number of halogens is 1. The van der Waals surface area contributed by atoms with E-state index in [1.807, 2.05) is 63.2 Å². The molecule has 0 aromatic heterocycles. The summed E-state index contributed by atoms with van der Waals surface area (Å²) in [5, 5.41) is 3.24. The van der Waals surface area contributed by atoms with Gasteiger partial charge >= 0.3 is 0 Å². The quantitative estimate of drug-likeness (QED) is 0.605. The zero-order valence-electron chi connectivity index (χ0n) is 12.4. The van der Waals surface area contributed by atoms with Crippen LogP contribution in [0, 0.1) is 13.8 Å². The van der Waals surface area contributed by atoms with Crippen molar-refractivity contribution in [3.63, 3.8) is 0 Å². The Hall–Kier alpha value is -1.87. The number of ketones is 1. The van der Waals surface area contributed by atoms with Crippen molar-refractivity contribution in [2.24, 2.45) is 0 Å². The van der Waals surface area contributed by atoms with Gasteiger partial charge in [0.05, 0.1) is 0 Å². The molecule has 0 bridgehead atoms. The van der Waals surface area contributed by atoms with Gasteiger partial charge in [0, 0.05) is 27.5 Å². The lowest BCUT2D eigenvalue weighted by molar-refractivity contribution is 0.104. The SMILES string of the molecule is C/C(=C\C(=O)c1ccc(C)cc1)Nc1ccc(Br)c(C)c1. The predicted octanol–water partition coefficient (Wildman–Crippen LogP) is 5.26. The summed E-state index contributed by atoms with van der Waals surface area (Å²) in [5.41, 5.74) is 4.80. The molecule has 0 aliphatic heterocycles. The molecule has 1 N–H and O–H groups in total. The molecule has 0 amide bonds. The van der Waals surface area contributed by atoms with Crippen LogP contribution in [0.2, 0.25) is 0 Å². The van der Waals surface area contributed by atoms with Gasteiger partial charge in [0.1, 0.15) is 0 Å².